The van der Waals surface area contributed by atoms with E-state index >= 15 is 0 Å². The number of aliphatic hydroxyl groups excluding tert-OH is 1. The molecule has 180 valence electrons. The van der Waals surface area contributed by atoms with Crippen molar-refractivity contribution in [2.75, 3.05) is 14.2 Å². The number of ether oxygens (including phenoxy) is 2. The Morgan fingerprint density at radius 1 is 1.06 bits per heavy atom. The van der Waals surface area contributed by atoms with Gasteiger partial charge < -0.3 is 19.5 Å². The minimum absolute atomic E-state index is 0.00408. The Morgan fingerprint density at radius 2 is 1.69 bits per heavy atom. The molecule has 4 rings (SSSR count). The number of hydrogen-bond donors (Lipinski definition) is 1. The Balaban J connectivity index is 1.92. The monoisotopic (exact) mass is 516 g/mol. The number of methoxy groups -OCH3 is 2. The van der Waals surface area contributed by atoms with E-state index in [9.17, 15) is 19.1 Å². The van der Waals surface area contributed by atoms with Gasteiger partial charge in [-0.3, -0.25) is 14.6 Å². The van der Waals surface area contributed by atoms with E-state index in [1.54, 1.807) is 12.1 Å². The molecule has 1 amide bonds. The molecule has 1 aliphatic heterocycles. The van der Waals surface area contributed by atoms with Crippen molar-refractivity contribution < 1.29 is 28.6 Å². The first-order valence-electron chi connectivity index (χ1n) is 10.3. The molecule has 0 bridgehead atoms. The first-order valence-corrected chi connectivity index (χ1v) is 11.1. The Morgan fingerprint density at radius 3 is 2.29 bits per heavy atom. The lowest BCUT2D eigenvalue weighted by molar-refractivity contribution is -0.140. The summed E-state index contributed by atoms with van der Waals surface area (Å²) in [5.41, 5.74) is 0.967. The van der Waals surface area contributed by atoms with Crippen LogP contribution in [-0.2, 0) is 16.1 Å². The fraction of sp³-hybridized carbons (Fsp3) is 0.160. The van der Waals surface area contributed by atoms with Crippen LogP contribution in [0.25, 0.3) is 5.76 Å². The third-order valence-electron chi connectivity index (χ3n) is 5.62. The van der Waals surface area contributed by atoms with E-state index in [4.69, 9.17) is 32.7 Å². The molecule has 0 aliphatic carbocycles. The van der Waals surface area contributed by atoms with Crippen LogP contribution in [0.1, 0.15) is 22.7 Å². The highest BCUT2D eigenvalue weighted by Crippen LogP contribution is 2.47. The normalized spacial score (nSPS) is 17.1. The van der Waals surface area contributed by atoms with E-state index in [0.29, 0.717) is 11.1 Å². The molecule has 1 fully saturated rings. The number of rotatable bonds is 6. The fourth-order valence-electron chi connectivity index (χ4n) is 4.01. The van der Waals surface area contributed by atoms with Crippen molar-refractivity contribution >= 4 is 40.7 Å². The van der Waals surface area contributed by atoms with Gasteiger partial charge in [0, 0.05) is 18.9 Å². The topological polar surface area (TPSA) is 89.0 Å². The van der Waals surface area contributed by atoms with E-state index in [-0.39, 0.29) is 39.2 Å². The number of nitrogens with zero attached hydrogens (tertiary/aromatic N) is 2. The van der Waals surface area contributed by atoms with Crippen molar-refractivity contribution in [3.05, 3.63) is 93.0 Å². The summed E-state index contributed by atoms with van der Waals surface area (Å²) in [6, 6.07) is 9.21. The summed E-state index contributed by atoms with van der Waals surface area (Å²) >= 11 is 12.6. The SMILES string of the molecule is COc1c(Cl)cc(/C(O)=C2\C(=O)C(=O)N(Cc3ccc(F)cc3)C2c2ccncc2)c(OC)c1Cl. The molecule has 1 N–H and O–H groups in total. The van der Waals surface area contributed by atoms with Crippen LogP contribution in [0.4, 0.5) is 4.39 Å². The van der Waals surface area contributed by atoms with Crippen LogP contribution < -0.4 is 9.47 Å². The van der Waals surface area contributed by atoms with Crippen LogP contribution in [0.15, 0.2) is 60.4 Å². The molecular formula is C25H19Cl2FN2O5. The molecule has 7 nitrogen and oxygen atoms in total. The van der Waals surface area contributed by atoms with Crippen molar-refractivity contribution in [1.82, 2.24) is 9.88 Å². The average molecular weight is 517 g/mol. The van der Waals surface area contributed by atoms with E-state index in [2.05, 4.69) is 4.98 Å². The maximum atomic E-state index is 13.4. The number of aromatic nitrogens is 1. The molecule has 1 aliphatic rings. The number of benzene rings is 2. The minimum Gasteiger partial charge on any atom is -0.507 e. The molecule has 35 heavy (non-hydrogen) atoms. The predicted molar refractivity (Wildman–Crippen MR) is 128 cm³/mol. The second kappa shape index (κ2) is 9.93. The highest BCUT2D eigenvalue weighted by molar-refractivity contribution is 6.47. The molecule has 1 aromatic heterocycles. The van der Waals surface area contributed by atoms with E-state index in [1.807, 2.05) is 0 Å². The predicted octanol–water partition coefficient (Wildman–Crippen LogP) is 5.17. The number of carbonyl (C=O) groups excluding carboxylic acids is 2. The number of halogens is 3. The van der Waals surface area contributed by atoms with Gasteiger partial charge in [0.05, 0.1) is 36.4 Å². The van der Waals surface area contributed by atoms with Crippen LogP contribution in [-0.4, -0.2) is 40.9 Å². The van der Waals surface area contributed by atoms with Crippen molar-refractivity contribution in [2.24, 2.45) is 0 Å². The maximum absolute atomic E-state index is 13.4. The lowest BCUT2D eigenvalue weighted by atomic mass is 9.95. The van der Waals surface area contributed by atoms with Crippen LogP contribution in [0.3, 0.4) is 0 Å². The van der Waals surface area contributed by atoms with Gasteiger partial charge in [-0.15, -0.1) is 0 Å². The van der Waals surface area contributed by atoms with Gasteiger partial charge in [-0.25, -0.2) is 4.39 Å². The standard InChI is InChI=1S/C25H19Cl2FN2O5/c1-34-23-16(11-17(26)24(35-2)19(23)27)21(31)18-20(14-7-9-29-10-8-14)30(25(33)22(18)32)12-13-3-5-15(28)6-4-13/h3-11,20,31H,12H2,1-2H3/b21-18+. The number of pyridine rings is 1. The smallest absolute Gasteiger partial charge is 0.295 e. The van der Waals surface area contributed by atoms with Crippen LogP contribution in [0, 0.1) is 5.82 Å². The summed E-state index contributed by atoms with van der Waals surface area (Å²) in [4.78, 5) is 31.7. The molecular weight excluding hydrogens is 498 g/mol. The molecule has 0 spiro atoms. The van der Waals surface area contributed by atoms with Gasteiger partial charge in [0.15, 0.2) is 11.5 Å². The lowest BCUT2D eigenvalue weighted by Gasteiger charge is -2.25. The van der Waals surface area contributed by atoms with Gasteiger partial charge in [0.25, 0.3) is 11.7 Å². The van der Waals surface area contributed by atoms with E-state index in [1.165, 1.54) is 61.8 Å². The maximum Gasteiger partial charge on any atom is 0.295 e. The van der Waals surface area contributed by atoms with Crippen LogP contribution >= 0.6 is 23.2 Å². The van der Waals surface area contributed by atoms with Crippen molar-refractivity contribution in [3.63, 3.8) is 0 Å². The lowest BCUT2D eigenvalue weighted by Crippen LogP contribution is -2.29. The summed E-state index contributed by atoms with van der Waals surface area (Å²) in [7, 11) is 2.70. The van der Waals surface area contributed by atoms with Crippen LogP contribution in [0.2, 0.25) is 10.0 Å². The van der Waals surface area contributed by atoms with Gasteiger partial charge in [-0.2, -0.15) is 0 Å². The number of Topliss-reactive ketones (excluding diaryl/α,β-unsaturated/α-hetero) is 1. The minimum atomic E-state index is -0.965. The first kappa shape index (κ1) is 24.5. The Labute approximate surface area is 210 Å². The Hall–Kier alpha value is -3.62. The number of likely N-dealkylation sites (tertiary alicyclic amines) is 1. The highest BCUT2D eigenvalue weighted by Gasteiger charge is 2.46. The number of ketones is 1. The second-order valence-corrected chi connectivity index (χ2v) is 8.41. The number of aliphatic hydroxyl groups is 1. The average Bonchev–Trinajstić information content (AvgIpc) is 3.10. The zero-order chi connectivity index (χ0) is 25.3. The molecule has 2 heterocycles. The Kier molecular flexibility index (Phi) is 6.95. The summed E-state index contributed by atoms with van der Waals surface area (Å²) in [5, 5.41) is 11.4. The molecule has 1 saturated heterocycles. The molecule has 0 radical (unpaired) electrons. The number of hydrogen-bond acceptors (Lipinski definition) is 6. The zero-order valence-electron chi connectivity index (χ0n) is 18.6. The Bertz CT molecular complexity index is 1330. The highest BCUT2D eigenvalue weighted by atomic mass is 35.5. The fourth-order valence-corrected chi connectivity index (χ4v) is 4.70. The van der Waals surface area contributed by atoms with E-state index < -0.39 is 29.3 Å². The zero-order valence-corrected chi connectivity index (χ0v) is 20.1. The van der Waals surface area contributed by atoms with E-state index in [0.717, 1.165) is 0 Å². The van der Waals surface area contributed by atoms with Crippen molar-refractivity contribution in [3.8, 4) is 11.5 Å². The number of amides is 1. The van der Waals surface area contributed by atoms with Gasteiger partial charge in [-0.1, -0.05) is 35.3 Å². The summed E-state index contributed by atoms with van der Waals surface area (Å²) in [6.07, 6.45) is 3.02. The molecule has 10 heteroatoms. The van der Waals surface area contributed by atoms with Crippen LogP contribution in [0.5, 0.6) is 11.5 Å². The first-order chi connectivity index (χ1) is 16.8. The third kappa shape index (κ3) is 4.42. The van der Waals surface area contributed by atoms with Gasteiger partial charge in [0.1, 0.15) is 16.6 Å². The quantitative estimate of drug-likeness (QED) is 0.276. The number of carbonyl (C=O) groups is 2. The summed E-state index contributed by atoms with van der Waals surface area (Å²) < 4.78 is 24.0. The molecule has 1 unspecified atom stereocenters. The van der Waals surface area contributed by atoms with Gasteiger partial charge >= 0.3 is 0 Å². The molecule has 0 saturated carbocycles. The largest absolute Gasteiger partial charge is 0.507 e. The van der Waals surface area contributed by atoms with Crippen molar-refractivity contribution in [1.29, 1.82) is 0 Å². The molecule has 1 atom stereocenters. The van der Waals surface area contributed by atoms with Crippen molar-refractivity contribution in [2.45, 2.75) is 12.6 Å². The molecule has 2 aromatic carbocycles. The summed E-state index contributed by atoms with van der Waals surface area (Å²) in [5.74, 6) is -2.54. The summed E-state index contributed by atoms with van der Waals surface area (Å²) in [6.45, 7) is -0.00408. The van der Waals surface area contributed by atoms with Gasteiger partial charge in [-0.05, 0) is 41.5 Å². The third-order valence-corrected chi connectivity index (χ3v) is 6.25. The second-order valence-electron chi connectivity index (χ2n) is 7.62. The molecule has 3 aromatic rings. The van der Waals surface area contributed by atoms with Gasteiger partial charge in [0.2, 0.25) is 0 Å².